The van der Waals surface area contributed by atoms with Gasteiger partial charge in [0.2, 0.25) is 11.8 Å². The van der Waals surface area contributed by atoms with E-state index in [4.69, 9.17) is 0 Å². The molecule has 2 saturated heterocycles. The zero-order valence-corrected chi connectivity index (χ0v) is 9.50. The second kappa shape index (κ2) is 4.21. The maximum absolute atomic E-state index is 12.9. The molecule has 2 heterocycles. The van der Waals surface area contributed by atoms with Crippen LogP contribution in [0.15, 0.2) is 0 Å². The summed E-state index contributed by atoms with van der Waals surface area (Å²) in [5, 5.41) is 5.10. The Balaban J connectivity index is 1.84. The van der Waals surface area contributed by atoms with E-state index in [1.165, 1.54) is 4.90 Å². The predicted molar refractivity (Wildman–Crippen MR) is 55.5 cm³/mol. The van der Waals surface area contributed by atoms with E-state index in [0.717, 1.165) is 0 Å². The van der Waals surface area contributed by atoms with E-state index in [-0.39, 0.29) is 18.4 Å². The van der Waals surface area contributed by atoms with E-state index in [1.54, 1.807) is 7.05 Å². The Hall–Kier alpha value is -1.24. The van der Waals surface area contributed by atoms with Crippen molar-refractivity contribution in [2.75, 3.05) is 20.1 Å². The van der Waals surface area contributed by atoms with E-state index in [2.05, 4.69) is 10.6 Å². The van der Waals surface area contributed by atoms with Crippen LogP contribution in [0.25, 0.3) is 0 Å². The van der Waals surface area contributed by atoms with Crippen LogP contribution in [0.2, 0.25) is 0 Å². The summed E-state index contributed by atoms with van der Waals surface area (Å²) in [6, 6.07) is -1.12. The van der Waals surface area contributed by atoms with Crippen LogP contribution in [-0.2, 0) is 9.59 Å². The molecular weight excluding hydrogens is 232 g/mol. The summed E-state index contributed by atoms with van der Waals surface area (Å²) < 4.78 is 25.8. The standard InChI is InChI=1S/C10H15F2N3O2/c1-15-4-6(2-8(15)16)14-9(17)7-3-10(11,12)5-13-7/h6-7,13H,2-5H2,1H3,(H,14,17). The van der Waals surface area contributed by atoms with Crippen LogP contribution in [0.1, 0.15) is 12.8 Å². The van der Waals surface area contributed by atoms with Crippen molar-refractivity contribution in [1.29, 1.82) is 0 Å². The van der Waals surface area contributed by atoms with Gasteiger partial charge in [-0.1, -0.05) is 0 Å². The van der Waals surface area contributed by atoms with Gasteiger partial charge in [-0.25, -0.2) is 8.78 Å². The Morgan fingerprint density at radius 2 is 2.29 bits per heavy atom. The Morgan fingerprint density at radius 1 is 1.59 bits per heavy atom. The van der Waals surface area contributed by atoms with Crippen molar-refractivity contribution in [1.82, 2.24) is 15.5 Å². The third-order valence-corrected chi connectivity index (χ3v) is 3.11. The number of hydrogen-bond acceptors (Lipinski definition) is 3. The predicted octanol–water partition coefficient (Wildman–Crippen LogP) is -0.669. The molecule has 0 aromatic heterocycles. The van der Waals surface area contributed by atoms with Crippen LogP contribution in [-0.4, -0.2) is 54.9 Å². The Morgan fingerprint density at radius 3 is 2.76 bits per heavy atom. The zero-order valence-electron chi connectivity index (χ0n) is 9.50. The first-order valence-corrected chi connectivity index (χ1v) is 5.53. The van der Waals surface area contributed by atoms with Crippen LogP contribution < -0.4 is 10.6 Å². The van der Waals surface area contributed by atoms with Crippen LogP contribution in [0.4, 0.5) is 8.78 Å². The van der Waals surface area contributed by atoms with Gasteiger partial charge in [-0.3, -0.25) is 14.9 Å². The smallest absolute Gasteiger partial charge is 0.262 e. The monoisotopic (exact) mass is 247 g/mol. The average Bonchev–Trinajstić information content (AvgIpc) is 2.71. The van der Waals surface area contributed by atoms with Gasteiger partial charge in [-0.2, -0.15) is 0 Å². The lowest BCUT2D eigenvalue weighted by Gasteiger charge is -2.15. The number of nitrogens with zero attached hydrogens (tertiary/aromatic N) is 1. The second-order valence-electron chi connectivity index (χ2n) is 4.68. The lowest BCUT2D eigenvalue weighted by Crippen LogP contribution is -2.45. The fraction of sp³-hybridized carbons (Fsp3) is 0.800. The Bertz CT molecular complexity index is 348. The van der Waals surface area contributed by atoms with Crippen molar-refractivity contribution in [3.05, 3.63) is 0 Å². The van der Waals surface area contributed by atoms with Gasteiger partial charge < -0.3 is 10.2 Å². The lowest BCUT2D eigenvalue weighted by molar-refractivity contribution is -0.126. The summed E-state index contributed by atoms with van der Waals surface area (Å²) in [6.45, 7) is -0.0255. The summed E-state index contributed by atoms with van der Waals surface area (Å²) in [6.07, 6.45) is -0.235. The molecule has 2 rings (SSSR count). The van der Waals surface area contributed by atoms with Gasteiger partial charge in [-0.15, -0.1) is 0 Å². The summed E-state index contributed by atoms with van der Waals surface area (Å²) >= 11 is 0. The zero-order chi connectivity index (χ0) is 12.6. The Labute approximate surface area is 97.5 Å². The van der Waals surface area contributed by atoms with E-state index in [0.29, 0.717) is 6.54 Å². The van der Waals surface area contributed by atoms with E-state index in [9.17, 15) is 18.4 Å². The molecule has 17 heavy (non-hydrogen) atoms. The Kier molecular flexibility index (Phi) is 3.03. The summed E-state index contributed by atoms with van der Waals surface area (Å²) in [7, 11) is 1.65. The van der Waals surface area contributed by atoms with Crippen molar-refractivity contribution in [3.8, 4) is 0 Å². The van der Waals surface area contributed by atoms with Gasteiger partial charge in [-0.05, 0) is 0 Å². The molecule has 7 heteroatoms. The van der Waals surface area contributed by atoms with Crippen molar-refractivity contribution < 1.29 is 18.4 Å². The minimum absolute atomic E-state index is 0.0417. The molecule has 0 radical (unpaired) electrons. The van der Waals surface area contributed by atoms with Crippen molar-refractivity contribution in [2.45, 2.75) is 30.8 Å². The quantitative estimate of drug-likeness (QED) is 0.680. The molecule has 5 nitrogen and oxygen atoms in total. The number of likely N-dealkylation sites (tertiary alicyclic amines) is 1. The molecule has 96 valence electrons. The van der Waals surface area contributed by atoms with E-state index in [1.807, 2.05) is 0 Å². The van der Waals surface area contributed by atoms with Crippen molar-refractivity contribution in [2.24, 2.45) is 0 Å². The van der Waals surface area contributed by atoms with Gasteiger partial charge in [0.15, 0.2) is 0 Å². The SMILES string of the molecule is CN1CC(NC(=O)C2CC(F)(F)CN2)CC1=O. The van der Waals surface area contributed by atoms with Gasteiger partial charge in [0.25, 0.3) is 5.92 Å². The van der Waals surface area contributed by atoms with Crippen molar-refractivity contribution in [3.63, 3.8) is 0 Å². The van der Waals surface area contributed by atoms with Gasteiger partial charge >= 0.3 is 0 Å². The summed E-state index contributed by atoms with van der Waals surface area (Å²) in [4.78, 5) is 24.4. The number of hydrogen-bond donors (Lipinski definition) is 2. The normalized spacial score (nSPS) is 31.9. The molecule has 0 aliphatic carbocycles. The van der Waals surface area contributed by atoms with Gasteiger partial charge in [0, 0.05) is 26.4 Å². The molecule has 2 atom stereocenters. The highest BCUT2D eigenvalue weighted by atomic mass is 19.3. The number of amides is 2. The fourth-order valence-electron chi connectivity index (χ4n) is 2.16. The first-order valence-electron chi connectivity index (χ1n) is 5.53. The highest BCUT2D eigenvalue weighted by Gasteiger charge is 2.43. The highest BCUT2D eigenvalue weighted by Crippen LogP contribution is 2.25. The maximum atomic E-state index is 12.9. The molecule has 2 amide bonds. The number of carbonyl (C=O) groups excluding carboxylic acids is 2. The fourth-order valence-corrected chi connectivity index (χ4v) is 2.16. The molecule has 0 bridgehead atoms. The van der Waals surface area contributed by atoms with Crippen molar-refractivity contribution >= 4 is 11.8 Å². The molecule has 2 fully saturated rings. The molecular formula is C10H15F2N3O2. The third kappa shape index (κ3) is 2.71. The molecule has 0 aromatic rings. The molecule has 2 aliphatic rings. The first kappa shape index (κ1) is 12.2. The lowest BCUT2D eigenvalue weighted by atomic mass is 10.1. The number of rotatable bonds is 2. The number of nitrogens with one attached hydrogen (secondary N) is 2. The van der Waals surface area contributed by atoms with Crippen LogP contribution in [0.5, 0.6) is 0 Å². The second-order valence-corrected chi connectivity index (χ2v) is 4.68. The number of halogens is 2. The number of alkyl halides is 2. The van der Waals surface area contributed by atoms with Crippen LogP contribution in [0, 0.1) is 0 Å². The van der Waals surface area contributed by atoms with Crippen LogP contribution in [0.3, 0.4) is 0 Å². The average molecular weight is 247 g/mol. The molecule has 2 aliphatic heterocycles. The van der Waals surface area contributed by atoms with E-state index >= 15 is 0 Å². The largest absolute Gasteiger partial charge is 0.350 e. The molecule has 2 N–H and O–H groups in total. The molecule has 0 aromatic carbocycles. The minimum atomic E-state index is -2.82. The molecule has 0 saturated carbocycles. The maximum Gasteiger partial charge on any atom is 0.262 e. The molecule has 2 unspecified atom stereocenters. The van der Waals surface area contributed by atoms with E-state index < -0.39 is 30.8 Å². The minimum Gasteiger partial charge on any atom is -0.350 e. The summed E-state index contributed by atoms with van der Waals surface area (Å²) in [5.74, 6) is -3.31. The van der Waals surface area contributed by atoms with Gasteiger partial charge in [0.05, 0.1) is 18.6 Å². The first-order chi connectivity index (χ1) is 7.87. The topological polar surface area (TPSA) is 61.4 Å². The summed E-state index contributed by atoms with van der Waals surface area (Å²) in [5.41, 5.74) is 0. The number of likely N-dealkylation sites (N-methyl/N-ethyl adjacent to an activating group) is 1. The van der Waals surface area contributed by atoms with Gasteiger partial charge in [0.1, 0.15) is 0 Å². The number of carbonyl (C=O) groups is 2. The third-order valence-electron chi connectivity index (χ3n) is 3.11. The molecule has 0 spiro atoms. The van der Waals surface area contributed by atoms with Crippen LogP contribution >= 0.6 is 0 Å². The highest BCUT2D eigenvalue weighted by molar-refractivity contribution is 5.85.